The molecule has 1 aliphatic rings. The van der Waals surface area contributed by atoms with E-state index in [1.165, 1.54) is 51.4 Å². The number of hydrogen-bond donors (Lipinski definition) is 3. The Labute approximate surface area is 157 Å². The molecule has 1 heterocycles. The molecule has 4 atom stereocenters. The van der Waals surface area contributed by atoms with Crippen molar-refractivity contribution in [1.82, 2.24) is 0 Å². The highest BCUT2D eigenvalue weighted by Gasteiger charge is 2.39. The third-order valence-electron chi connectivity index (χ3n) is 4.78. The number of aliphatic hydroxyl groups excluding tert-OH is 3. The molecule has 0 saturated carbocycles. The molecule has 0 aromatic rings. The van der Waals surface area contributed by atoms with Gasteiger partial charge in [-0.25, -0.2) is 0 Å². The maximum absolute atomic E-state index is 10.0. The molecule has 25 heavy (non-hydrogen) atoms. The van der Waals surface area contributed by atoms with Crippen molar-refractivity contribution >= 4 is 17.3 Å². The third-order valence-corrected chi connectivity index (χ3v) is 5.08. The van der Waals surface area contributed by atoms with Gasteiger partial charge >= 0.3 is 0 Å². The smallest absolute Gasteiger partial charge is 0.160 e. The van der Waals surface area contributed by atoms with Gasteiger partial charge in [0.05, 0.1) is 13.2 Å². The summed E-state index contributed by atoms with van der Waals surface area (Å²) in [5.41, 5.74) is 0. The minimum atomic E-state index is -1.15. The van der Waals surface area contributed by atoms with E-state index in [1.54, 1.807) is 0 Å². The lowest BCUT2D eigenvalue weighted by Gasteiger charge is -2.36. The van der Waals surface area contributed by atoms with Crippen LogP contribution in [0.15, 0.2) is 0 Å². The number of hydrogen-bond acceptors (Lipinski definition) is 6. The quantitative estimate of drug-likeness (QED) is 0.339. The Bertz CT molecular complexity index is 353. The van der Waals surface area contributed by atoms with Crippen molar-refractivity contribution < 1.29 is 24.8 Å². The van der Waals surface area contributed by atoms with Gasteiger partial charge in [-0.15, -0.1) is 0 Å². The molecule has 0 bridgehead atoms. The Hall–Kier alpha value is -0.270. The number of ether oxygens (including phenoxy) is 2. The molecule has 148 valence electrons. The standard InChI is InChI=1S/C19H36O5S/c1-2-3-4-5-6-7-8-9-10-11-12-17(25)24-16-14-23-15(13-20)18(21)19(16)22/h15-16,18-22H,2-14H2,1H3/t15-,16+,18-,19-/m0/s1. The van der Waals surface area contributed by atoms with Crippen molar-refractivity contribution in [2.45, 2.75) is 102 Å². The molecule has 0 aromatic heterocycles. The predicted molar refractivity (Wildman–Crippen MR) is 103 cm³/mol. The fourth-order valence-corrected chi connectivity index (χ4v) is 3.37. The molecule has 0 unspecified atom stereocenters. The zero-order valence-corrected chi connectivity index (χ0v) is 16.4. The number of thiocarbonyl (C=S) groups is 1. The van der Waals surface area contributed by atoms with Crippen LogP contribution in [0.3, 0.4) is 0 Å². The molecule has 0 spiro atoms. The van der Waals surface area contributed by atoms with Gasteiger partial charge in [0.25, 0.3) is 0 Å². The van der Waals surface area contributed by atoms with Crippen molar-refractivity contribution in [3.05, 3.63) is 0 Å². The first-order chi connectivity index (χ1) is 12.1. The Morgan fingerprint density at radius 3 is 2.08 bits per heavy atom. The molecule has 1 fully saturated rings. The first kappa shape index (κ1) is 22.8. The second-order valence-corrected chi connectivity index (χ2v) is 7.45. The van der Waals surface area contributed by atoms with E-state index < -0.39 is 24.4 Å². The van der Waals surface area contributed by atoms with E-state index in [9.17, 15) is 10.2 Å². The highest BCUT2D eigenvalue weighted by molar-refractivity contribution is 7.80. The van der Waals surface area contributed by atoms with Crippen LogP contribution in [0.1, 0.15) is 77.6 Å². The number of unbranched alkanes of at least 4 members (excludes halogenated alkanes) is 9. The van der Waals surface area contributed by atoms with Crippen LogP contribution in [0.4, 0.5) is 0 Å². The van der Waals surface area contributed by atoms with E-state index in [1.807, 2.05) is 0 Å². The topological polar surface area (TPSA) is 79.2 Å². The summed E-state index contributed by atoms with van der Waals surface area (Å²) in [4.78, 5) is 0. The van der Waals surface area contributed by atoms with Gasteiger partial charge in [-0.05, 0) is 18.6 Å². The first-order valence-electron chi connectivity index (χ1n) is 9.88. The molecule has 1 saturated heterocycles. The number of aliphatic hydroxyl groups is 3. The maximum atomic E-state index is 10.0. The summed E-state index contributed by atoms with van der Waals surface area (Å²) >= 11 is 5.22. The van der Waals surface area contributed by atoms with Crippen molar-refractivity contribution in [2.75, 3.05) is 13.2 Å². The Morgan fingerprint density at radius 2 is 1.52 bits per heavy atom. The van der Waals surface area contributed by atoms with Gasteiger partial charge in [-0.2, -0.15) is 0 Å². The lowest BCUT2D eigenvalue weighted by molar-refractivity contribution is -0.191. The van der Waals surface area contributed by atoms with E-state index in [0.717, 1.165) is 12.8 Å². The van der Waals surface area contributed by atoms with Gasteiger partial charge in [0.2, 0.25) is 0 Å². The summed E-state index contributed by atoms with van der Waals surface area (Å²) in [5, 5.41) is 29.3. The average Bonchev–Trinajstić information content (AvgIpc) is 2.61. The van der Waals surface area contributed by atoms with Gasteiger partial charge in [0.1, 0.15) is 18.3 Å². The third kappa shape index (κ3) is 9.29. The second-order valence-electron chi connectivity index (χ2n) is 7.00. The van der Waals surface area contributed by atoms with Gasteiger partial charge in [0.15, 0.2) is 11.2 Å². The van der Waals surface area contributed by atoms with Crippen molar-refractivity contribution in [3.8, 4) is 0 Å². The van der Waals surface area contributed by atoms with E-state index >= 15 is 0 Å². The summed E-state index contributed by atoms with van der Waals surface area (Å²) in [7, 11) is 0. The molecule has 1 aliphatic heterocycles. The molecule has 1 rings (SSSR count). The van der Waals surface area contributed by atoms with Gasteiger partial charge in [0, 0.05) is 6.42 Å². The molecular formula is C19H36O5S. The Kier molecular flexibility index (Phi) is 12.6. The normalized spacial score (nSPS) is 26.6. The van der Waals surface area contributed by atoms with Crippen LogP contribution in [0.5, 0.6) is 0 Å². The molecular weight excluding hydrogens is 340 g/mol. The van der Waals surface area contributed by atoms with E-state index in [4.69, 9.17) is 26.8 Å². The van der Waals surface area contributed by atoms with Crippen molar-refractivity contribution in [2.24, 2.45) is 0 Å². The number of rotatable bonds is 13. The first-order valence-corrected chi connectivity index (χ1v) is 10.3. The van der Waals surface area contributed by atoms with Crippen LogP contribution in [0.2, 0.25) is 0 Å². The average molecular weight is 377 g/mol. The molecule has 6 heteroatoms. The summed E-state index contributed by atoms with van der Waals surface area (Å²) < 4.78 is 10.8. The maximum Gasteiger partial charge on any atom is 0.160 e. The van der Waals surface area contributed by atoms with Gasteiger partial charge in [-0.1, -0.05) is 64.7 Å². The Balaban J connectivity index is 2.02. The predicted octanol–water partition coefficient (Wildman–Crippen LogP) is 3.12. The van der Waals surface area contributed by atoms with Crippen LogP contribution >= 0.6 is 12.2 Å². The zero-order valence-electron chi connectivity index (χ0n) is 15.6. The van der Waals surface area contributed by atoms with E-state index in [-0.39, 0.29) is 13.2 Å². The molecule has 0 aliphatic carbocycles. The Morgan fingerprint density at radius 1 is 0.960 bits per heavy atom. The highest BCUT2D eigenvalue weighted by atomic mass is 32.1. The van der Waals surface area contributed by atoms with Crippen LogP contribution < -0.4 is 0 Å². The minimum Gasteiger partial charge on any atom is -0.479 e. The lowest BCUT2D eigenvalue weighted by atomic mass is 10.0. The SMILES string of the molecule is CCCCCCCCCCCCC(=S)O[C@@H]1CO[C@@H](CO)[C@H](O)[C@H]1O. The van der Waals surface area contributed by atoms with Crippen LogP contribution in [-0.2, 0) is 9.47 Å². The largest absolute Gasteiger partial charge is 0.479 e. The van der Waals surface area contributed by atoms with Crippen LogP contribution in [-0.4, -0.2) is 58.0 Å². The molecule has 0 radical (unpaired) electrons. The fourth-order valence-electron chi connectivity index (χ4n) is 3.10. The second kappa shape index (κ2) is 13.9. The summed E-state index contributed by atoms with van der Waals surface area (Å²) in [5.74, 6) is 0. The zero-order chi connectivity index (χ0) is 18.5. The van der Waals surface area contributed by atoms with Crippen LogP contribution in [0, 0.1) is 0 Å². The van der Waals surface area contributed by atoms with Gasteiger partial charge in [-0.3, -0.25) is 0 Å². The summed E-state index contributed by atoms with van der Waals surface area (Å²) in [6, 6.07) is 0. The van der Waals surface area contributed by atoms with Crippen molar-refractivity contribution in [1.29, 1.82) is 0 Å². The highest BCUT2D eigenvalue weighted by Crippen LogP contribution is 2.19. The van der Waals surface area contributed by atoms with E-state index in [2.05, 4.69) is 6.92 Å². The van der Waals surface area contributed by atoms with Gasteiger partial charge < -0.3 is 24.8 Å². The fraction of sp³-hybridized carbons (Fsp3) is 0.947. The minimum absolute atomic E-state index is 0.127. The summed E-state index contributed by atoms with van der Waals surface area (Å²) in [6.45, 7) is 2.04. The monoisotopic (exact) mass is 376 g/mol. The molecule has 5 nitrogen and oxygen atoms in total. The molecule has 3 N–H and O–H groups in total. The van der Waals surface area contributed by atoms with E-state index in [0.29, 0.717) is 11.5 Å². The van der Waals surface area contributed by atoms with Crippen LogP contribution in [0.25, 0.3) is 0 Å². The molecule has 0 amide bonds. The molecule has 0 aromatic carbocycles. The summed E-state index contributed by atoms with van der Waals surface area (Å²) in [6.07, 6.45) is 9.71. The van der Waals surface area contributed by atoms with Crippen molar-refractivity contribution in [3.63, 3.8) is 0 Å². The lowest BCUT2D eigenvalue weighted by Crippen LogP contribution is -2.55.